The van der Waals surface area contributed by atoms with E-state index in [0.29, 0.717) is 40.1 Å². The first kappa shape index (κ1) is 18.5. The van der Waals surface area contributed by atoms with Gasteiger partial charge in [-0.3, -0.25) is 0 Å². The van der Waals surface area contributed by atoms with Crippen molar-refractivity contribution in [1.29, 1.82) is 0 Å². The maximum Gasteiger partial charge on any atom is 0.339 e. The first-order chi connectivity index (χ1) is 13.1. The summed E-state index contributed by atoms with van der Waals surface area (Å²) < 4.78 is 4.80. The van der Waals surface area contributed by atoms with Crippen LogP contribution in [0.1, 0.15) is 15.9 Å². The Kier molecular flexibility index (Phi) is 5.73. The van der Waals surface area contributed by atoms with E-state index in [1.54, 1.807) is 24.3 Å². The molecule has 3 aromatic rings. The van der Waals surface area contributed by atoms with E-state index in [4.69, 9.17) is 22.1 Å². The van der Waals surface area contributed by atoms with Gasteiger partial charge in [0.1, 0.15) is 12.0 Å². The molecule has 0 amide bonds. The van der Waals surface area contributed by atoms with E-state index in [2.05, 4.69) is 20.6 Å². The highest BCUT2D eigenvalue weighted by molar-refractivity contribution is 6.30. The normalized spacial score (nSPS) is 10.3. The molecule has 138 valence electrons. The number of halogens is 1. The summed E-state index contributed by atoms with van der Waals surface area (Å²) in [6.07, 6.45) is 1.39. The van der Waals surface area contributed by atoms with Crippen molar-refractivity contribution in [1.82, 2.24) is 9.97 Å². The van der Waals surface area contributed by atoms with Crippen molar-refractivity contribution in [2.75, 3.05) is 23.5 Å². The highest BCUT2D eigenvalue weighted by atomic mass is 35.5. The van der Waals surface area contributed by atoms with Crippen LogP contribution in [0.5, 0.6) is 0 Å². The summed E-state index contributed by atoms with van der Waals surface area (Å²) in [5.41, 5.74) is 8.48. The number of nitrogens with zero attached hydrogens (tertiary/aromatic N) is 2. The van der Waals surface area contributed by atoms with Crippen molar-refractivity contribution in [2.24, 2.45) is 0 Å². The summed E-state index contributed by atoms with van der Waals surface area (Å²) >= 11 is 5.90. The Morgan fingerprint density at radius 3 is 2.56 bits per heavy atom. The van der Waals surface area contributed by atoms with Gasteiger partial charge >= 0.3 is 5.97 Å². The van der Waals surface area contributed by atoms with Gasteiger partial charge in [-0.2, -0.15) is 0 Å². The van der Waals surface area contributed by atoms with E-state index in [-0.39, 0.29) is 0 Å². The van der Waals surface area contributed by atoms with Crippen molar-refractivity contribution in [3.8, 4) is 0 Å². The predicted octanol–water partition coefficient (Wildman–Crippen LogP) is 3.85. The van der Waals surface area contributed by atoms with Gasteiger partial charge < -0.3 is 21.1 Å². The molecule has 0 saturated carbocycles. The summed E-state index contributed by atoms with van der Waals surface area (Å²) in [7, 11) is 1.33. The number of rotatable bonds is 6. The molecule has 8 heteroatoms. The average Bonchev–Trinajstić information content (AvgIpc) is 2.69. The second-order valence-electron chi connectivity index (χ2n) is 5.63. The third-order valence-corrected chi connectivity index (χ3v) is 4.09. The molecule has 0 bridgehead atoms. The zero-order valence-electron chi connectivity index (χ0n) is 14.6. The van der Waals surface area contributed by atoms with Crippen LogP contribution in [0.4, 0.5) is 23.0 Å². The number of nitrogens with one attached hydrogen (secondary N) is 2. The van der Waals surface area contributed by atoms with Crippen LogP contribution >= 0.6 is 11.6 Å². The Bertz CT molecular complexity index is 947. The van der Waals surface area contributed by atoms with E-state index < -0.39 is 5.97 Å². The van der Waals surface area contributed by atoms with E-state index in [9.17, 15) is 4.79 Å². The molecule has 2 aromatic carbocycles. The van der Waals surface area contributed by atoms with E-state index in [0.717, 1.165) is 5.56 Å². The number of aromatic nitrogens is 2. The number of nitrogens with two attached hydrogens (primary N) is 1. The lowest BCUT2D eigenvalue weighted by Crippen LogP contribution is -2.10. The van der Waals surface area contributed by atoms with Crippen LogP contribution in [0.3, 0.4) is 0 Å². The fourth-order valence-electron chi connectivity index (χ4n) is 2.43. The summed E-state index contributed by atoms with van der Waals surface area (Å²) in [6, 6.07) is 14.4. The van der Waals surface area contributed by atoms with E-state index in [1.165, 1.54) is 13.4 Å². The molecule has 7 nitrogen and oxygen atoms in total. The SMILES string of the molecule is COC(=O)c1ccccc1Nc1ncnc(NCc2ccc(Cl)cc2)c1N. The van der Waals surface area contributed by atoms with Crippen LogP contribution in [0.25, 0.3) is 0 Å². The largest absolute Gasteiger partial charge is 0.465 e. The van der Waals surface area contributed by atoms with Gasteiger partial charge in [-0.25, -0.2) is 14.8 Å². The maximum atomic E-state index is 11.9. The molecule has 0 spiro atoms. The van der Waals surface area contributed by atoms with Crippen molar-refractivity contribution in [2.45, 2.75) is 6.54 Å². The van der Waals surface area contributed by atoms with Crippen LogP contribution in [0.15, 0.2) is 54.9 Å². The highest BCUT2D eigenvalue weighted by Gasteiger charge is 2.14. The summed E-state index contributed by atoms with van der Waals surface area (Å²) in [5, 5.41) is 6.92. The Morgan fingerprint density at radius 2 is 1.81 bits per heavy atom. The topological polar surface area (TPSA) is 102 Å². The number of hydrogen-bond donors (Lipinski definition) is 3. The van der Waals surface area contributed by atoms with Gasteiger partial charge in [-0.15, -0.1) is 0 Å². The molecule has 0 aliphatic heterocycles. The van der Waals surface area contributed by atoms with Crippen molar-refractivity contribution in [3.05, 3.63) is 71.0 Å². The Morgan fingerprint density at radius 1 is 1.11 bits per heavy atom. The molecule has 4 N–H and O–H groups in total. The number of methoxy groups -OCH3 is 1. The number of benzene rings is 2. The number of nitrogen functional groups attached to an aromatic ring is 1. The Balaban J connectivity index is 1.79. The van der Waals surface area contributed by atoms with Crippen molar-refractivity contribution in [3.63, 3.8) is 0 Å². The molecule has 0 fully saturated rings. The van der Waals surface area contributed by atoms with Crippen LogP contribution in [0.2, 0.25) is 5.02 Å². The van der Waals surface area contributed by atoms with Gasteiger partial charge in [0.2, 0.25) is 0 Å². The quantitative estimate of drug-likeness (QED) is 0.555. The van der Waals surface area contributed by atoms with Gasteiger partial charge in [0.25, 0.3) is 0 Å². The number of carbonyl (C=O) groups is 1. The molecule has 1 aromatic heterocycles. The predicted molar refractivity (Wildman–Crippen MR) is 106 cm³/mol. The zero-order valence-corrected chi connectivity index (χ0v) is 15.3. The smallest absolute Gasteiger partial charge is 0.339 e. The molecule has 0 saturated heterocycles. The number of anilines is 4. The molecule has 0 radical (unpaired) electrons. The molecule has 0 aliphatic carbocycles. The molecule has 0 aliphatic rings. The first-order valence-corrected chi connectivity index (χ1v) is 8.49. The van der Waals surface area contributed by atoms with Gasteiger partial charge in [0.05, 0.1) is 18.4 Å². The third-order valence-electron chi connectivity index (χ3n) is 3.84. The van der Waals surface area contributed by atoms with Gasteiger partial charge in [0.15, 0.2) is 11.6 Å². The first-order valence-electron chi connectivity index (χ1n) is 8.11. The number of ether oxygens (including phenoxy) is 1. The van der Waals surface area contributed by atoms with Crippen LogP contribution in [-0.4, -0.2) is 23.0 Å². The highest BCUT2D eigenvalue weighted by Crippen LogP contribution is 2.28. The third kappa shape index (κ3) is 4.45. The Hall–Kier alpha value is -3.32. The molecule has 1 heterocycles. The standard InChI is InChI=1S/C19H18ClN5O2/c1-27-19(26)14-4-2-3-5-15(14)25-18-16(21)17(23-11-24-18)22-10-12-6-8-13(20)9-7-12/h2-9,11H,10,21H2,1H3,(H2,22,23,24,25). The molecule has 0 unspecified atom stereocenters. The van der Waals surface area contributed by atoms with E-state index in [1.807, 2.05) is 24.3 Å². The second-order valence-corrected chi connectivity index (χ2v) is 6.06. The maximum absolute atomic E-state index is 11.9. The minimum absolute atomic E-state index is 0.339. The Labute approximate surface area is 161 Å². The number of hydrogen-bond acceptors (Lipinski definition) is 7. The summed E-state index contributed by atoms with van der Waals surface area (Å²) in [5.74, 6) is 0.421. The van der Waals surface area contributed by atoms with Crippen molar-refractivity contribution >= 4 is 40.6 Å². The number of esters is 1. The zero-order chi connectivity index (χ0) is 19.2. The summed E-state index contributed by atoms with van der Waals surface area (Å²) in [4.78, 5) is 20.3. The molecule has 27 heavy (non-hydrogen) atoms. The van der Waals surface area contributed by atoms with Crippen LogP contribution in [0, 0.1) is 0 Å². The van der Waals surface area contributed by atoms with E-state index >= 15 is 0 Å². The van der Waals surface area contributed by atoms with Crippen LogP contribution in [-0.2, 0) is 11.3 Å². The van der Waals surface area contributed by atoms with Gasteiger partial charge in [-0.05, 0) is 29.8 Å². The monoisotopic (exact) mass is 383 g/mol. The van der Waals surface area contributed by atoms with Gasteiger partial charge in [0, 0.05) is 11.6 Å². The van der Waals surface area contributed by atoms with Crippen molar-refractivity contribution < 1.29 is 9.53 Å². The van der Waals surface area contributed by atoms with Crippen LogP contribution < -0.4 is 16.4 Å². The fraction of sp³-hybridized carbons (Fsp3) is 0.105. The number of para-hydroxylation sites is 1. The molecule has 0 atom stereocenters. The minimum Gasteiger partial charge on any atom is -0.465 e. The average molecular weight is 384 g/mol. The molecule has 3 rings (SSSR count). The lowest BCUT2D eigenvalue weighted by Gasteiger charge is -2.14. The number of carbonyl (C=O) groups excluding carboxylic acids is 1. The summed E-state index contributed by atoms with van der Waals surface area (Å²) in [6.45, 7) is 0.524. The van der Waals surface area contributed by atoms with Gasteiger partial charge in [-0.1, -0.05) is 35.9 Å². The lowest BCUT2D eigenvalue weighted by atomic mass is 10.2. The minimum atomic E-state index is -0.452. The molecular formula is C19H18ClN5O2. The fourth-order valence-corrected chi connectivity index (χ4v) is 2.56. The molecular weight excluding hydrogens is 366 g/mol. The lowest BCUT2D eigenvalue weighted by molar-refractivity contribution is 0.0602. The second kappa shape index (κ2) is 8.37.